The lowest BCUT2D eigenvalue weighted by Gasteiger charge is -2.05. The van der Waals surface area contributed by atoms with Crippen LogP contribution < -0.4 is 10.1 Å². The molecule has 0 atom stereocenters. The number of halogens is 1. The smallest absolute Gasteiger partial charge is 0.346 e. The van der Waals surface area contributed by atoms with E-state index < -0.39 is 11.8 Å². The van der Waals surface area contributed by atoms with Crippen LogP contribution in [0.1, 0.15) is 15.9 Å². The fourth-order valence-corrected chi connectivity index (χ4v) is 3.04. The Hall–Kier alpha value is -2.51. The number of hydrogen-bond acceptors (Lipinski definition) is 5. The van der Waals surface area contributed by atoms with Crippen molar-refractivity contribution in [3.63, 3.8) is 0 Å². The molecule has 1 aliphatic heterocycles. The summed E-state index contributed by atoms with van der Waals surface area (Å²) >= 11 is 6.10. The molecule has 1 saturated heterocycles. The van der Waals surface area contributed by atoms with Gasteiger partial charge in [-0.25, -0.2) is 9.18 Å². The maximum atomic E-state index is 13.5. The van der Waals surface area contributed by atoms with E-state index >= 15 is 0 Å². The van der Waals surface area contributed by atoms with Crippen LogP contribution in [0.3, 0.4) is 0 Å². The molecule has 1 fully saturated rings. The van der Waals surface area contributed by atoms with E-state index in [-0.39, 0.29) is 17.2 Å². The van der Waals surface area contributed by atoms with Crippen molar-refractivity contribution >= 4 is 46.3 Å². The molecule has 0 bridgehead atoms. The number of amides is 1. The van der Waals surface area contributed by atoms with Gasteiger partial charge in [0.05, 0.1) is 10.5 Å². The van der Waals surface area contributed by atoms with Crippen LogP contribution in [0.4, 0.5) is 4.39 Å². The van der Waals surface area contributed by atoms with Crippen molar-refractivity contribution in [2.24, 2.45) is 0 Å². The highest BCUT2D eigenvalue weighted by molar-refractivity contribution is 8.26. The second-order valence-electron chi connectivity index (χ2n) is 4.79. The Balaban J connectivity index is 1.72. The van der Waals surface area contributed by atoms with Crippen molar-refractivity contribution in [1.82, 2.24) is 5.32 Å². The summed E-state index contributed by atoms with van der Waals surface area (Å²) in [7, 11) is 0. The van der Waals surface area contributed by atoms with Crippen LogP contribution >= 0.6 is 24.0 Å². The topological polar surface area (TPSA) is 55.4 Å². The van der Waals surface area contributed by atoms with Gasteiger partial charge in [-0.05, 0) is 35.9 Å². The van der Waals surface area contributed by atoms with Crippen molar-refractivity contribution in [2.45, 2.75) is 0 Å². The van der Waals surface area contributed by atoms with E-state index in [1.807, 2.05) is 0 Å². The molecule has 1 aliphatic rings. The number of hydrogen-bond donors (Lipinski definition) is 1. The highest BCUT2D eigenvalue weighted by atomic mass is 32.2. The van der Waals surface area contributed by atoms with E-state index in [0.29, 0.717) is 9.23 Å². The average Bonchev–Trinajstić information content (AvgIpc) is 2.87. The van der Waals surface area contributed by atoms with Crippen molar-refractivity contribution in [3.05, 3.63) is 70.4 Å². The van der Waals surface area contributed by atoms with E-state index in [1.54, 1.807) is 36.4 Å². The van der Waals surface area contributed by atoms with Crippen LogP contribution in [0.5, 0.6) is 5.75 Å². The number of ether oxygens (including phenoxy) is 1. The Labute approximate surface area is 146 Å². The van der Waals surface area contributed by atoms with Gasteiger partial charge in [-0.15, -0.1) is 0 Å². The summed E-state index contributed by atoms with van der Waals surface area (Å²) in [5, 5.41) is 2.53. The van der Waals surface area contributed by atoms with Crippen LogP contribution in [0.25, 0.3) is 6.08 Å². The zero-order valence-corrected chi connectivity index (χ0v) is 13.7. The van der Waals surface area contributed by atoms with Gasteiger partial charge in [0.15, 0.2) is 0 Å². The molecule has 0 radical (unpaired) electrons. The van der Waals surface area contributed by atoms with Gasteiger partial charge in [0.1, 0.15) is 15.9 Å². The first kappa shape index (κ1) is 16.4. The first-order valence-corrected chi connectivity index (χ1v) is 8.07. The van der Waals surface area contributed by atoms with Gasteiger partial charge in [-0.1, -0.05) is 48.2 Å². The normalized spacial score (nSPS) is 15.5. The number of thiocarbonyl (C=S) groups is 1. The SMILES string of the molecule is O=C1NC(=S)S/C1=C/c1ccc(OC(=O)c2ccccc2F)cc1. The van der Waals surface area contributed by atoms with Crippen LogP contribution in [-0.4, -0.2) is 16.2 Å². The molecule has 0 aromatic heterocycles. The molecule has 3 rings (SSSR count). The summed E-state index contributed by atoms with van der Waals surface area (Å²) in [5.74, 6) is -1.36. The largest absolute Gasteiger partial charge is 0.423 e. The molecule has 1 amide bonds. The molecule has 1 heterocycles. The maximum absolute atomic E-state index is 13.5. The lowest BCUT2D eigenvalue weighted by molar-refractivity contribution is -0.115. The van der Waals surface area contributed by atoms with Gasteiger partial charge in [-0.3, -0.25) is 4.79 Å². The van der Waals surface area contributed by atoms with Gasteiger partial charge in [-0.2, -0.15) is 0 Å². The van der Waals surface area contributed by atoms with Gasteiger partial charge in [0.2, 0.25) is 0 Å². The van der Waals surface area contributed by atoms with Gasteiger partial charge >= 0.3 is 5.97 Å². The molecular weight excluding hydrogens is 349 g/mol. The van der Waals surface area contributed by atoms with Crippen LogP contribution in [0.2, 0.25) is 0 Å². The zero-order chi connectivity index (χ0) is 17.1. The van der Waals surface area contributed by atoms with Crippen molar-refractivity contribution in [2.75, 3.05) is 0 Å². The third-order valence-electron chi connectivity index (χ3n) is 3.12. The third kappa shape index (κ3) is 3.69. The summed E-state index contributed by atoms with van der Waals surface area (Å²) in [6, 6.07) is 12.1. The van der Waals surface area contributed by atoms with Crippen molar-refractivity contribution in [3.8, 4) is 5.75 Å². The summed E-state index contributed by atoms with van der Waals surface area (Å²) in [6.45, 7) is 0. The molecule has 2 aromatic carbocycles. The molecule has 0 spiro atoms. The van der Waals surface area contributed by atoms with Gasteiger partial charge in [0.25, 0.3) is 5.91 Å². The first-order chi connectivity index (χ1) is 11.5. The zero-order valence-electron chi connectivity index (χ0n) is 12.1. The second kappa shape index (κ2) is 6.94. The van der Waals surface area contributed by atoms with Gasteiger partial charge < -0.3 is 10.1 Å². The minimum atomic E-state index is -0.768. The number of carbonyl (C=O) groups excluding carboxylic acids is 2. The fourth-order valence-electron chi connectivity index (χ4n) is 1.99. The Morgan fingerprint density at radius 1 is 1.17 bits per heavy atom. The molecule has 0 aliphatic carbocycles. The summed E-state index contributed by atoms with van der Waals surface area (Å²) in [4.78, 5) is 24.0. The molecule has 0 saturated carbocycles. The van der Waals surface area contributed by atoms with Crippen molar-refractivity contribution < 1.29 is 18.7 Å². The maximum Gasteiger partial charge on any atom is 0.346 e. The molecule has 1 N–H and O–H groups in total. The molecular formula is C17H10FNO3S2. The van der Waals surface area contributed by atoms with E-state index in [9.17, 15) is 14.0 Å². The third-order valence-corrected chi connectivity index (χ3v) is 4.29. The number of nitrogens with one attached hydrogen (secondary N) is 1. The van der Waals surface area contributed by atoms with E-state index in [4.69, 9.17) is 17.0 Å². The summed E-state index contributed by atoms with van der Waals surface area (Å²) in [6.07, 6.45) is 1.68. The predicted molar refractivity (Wildman–Crippen MR) is 94.1 cm³/mol. The van der Waals surface area contributed by atoms with E-state index in [0.717, 1.165) is 5.56 Å². The highest BCUT2D eigenvalue weighted by Gasteiger charge is 2.21. The minimum Gasteiger partial charge on any atom is -0.423 e. The molecule has 24 heavy (non-hydrogen) atoms. The average molecular weight is 359 g/mol. The fraction of sp³-hybridized carbons (Fsp3) is 0. The Morgan fingerprint density at radius 3 is 2.50 bits per heavy atom. The van der Waals surface area contributed by atoms with Crippen molar-refractivity contribution in [1.29, 1.82) is 0 Å². The number of esters is 1. The Kier molecular flexibility index (Phi) is 4.73. The highest BCUT2D eigenvalue weighted by Crippen LogP contribution is 2.26. The standard InChI is InChI=1S/C17H10FNO3S2/c18-13-4-2-1-3-12(13)16(21)22-11-7-5-10(6-8-11)9-14-15(20)19-17(23)24-14/h1-9H,(H,19,20,23)/b14-9+. The molecule has 0 unspecified atom stereocenters. The quantitative estimate of drug-likeness (QED) is 0.393. The number of rotatable bonds is 3. The van der Waals surface area contributed by atoms with Gasteiger partial charge in [0, 0.05) is 0 Å². The number of carbonyl (C=O) groups is 2. The van der Waals surface area contributed by atoms with Crippen LogP contribution in [-0.2, 0) is 4.79 Å². The monoisotopic (exact) mass is 359 g/mol. The molecule has 120 valence electrons. The van der Waals surface area contributed by atoms with Crippen LogP contribution in [0.15, 0.2) is 53.4 Å². The summed E-state index contributed by atoms with van der Waals surface area (Å²) in [5.41, 5.74) is 0.624. The molecule has 2 aromatic rings. The Morgan fingerprint density at radius 2 is 1.88 bits per heavy atom. The first-order valence-electron chi connectivity index (χ1n) is 6.84. The minimum absolute atomic E-state index is 0.128. The van der Waals surface area contributed by atoms with Crippen LogP contribution in [0, 0.1) is 5.82 Å². The molecule has 4 nitrogen and oxygen atoms in total. The second-order valence-corrected chi connectivity index (χ2v) is 6.51. The van der Waals surface area contributed by atoms with E-state index in [1.165, 1.54) is 30.0 Å². The van der Waals surface area contributed by atoms with E-state index in [2.05, 4.69) is 5.32 Å². The Bertz CT molecular complexity index is 862. The summed E-state index contributed by atoms with van der Waals surface area (Å²) < 4.78 is 19.1. The lowest BCUT2D eigenvalue weighted by atomic mass is 10.2. The predicted octanol–water partition coefficient (Wildman–Crippen LogP) is 3.53. The molecule has 7 heteroatoms. The number of thioether (sulfide) groups is 1. The lowest BCUT2D eigenvalue weighted by Crippen LogP contribution is -2.17. The number of benzene rings is 2.